The quantitative estimate of drug-likeness (QED) is 0.768. The molecule has 0 aliphatic heterocycles. The lowest BCUT2D eigenvalue weighted by molar-refractivity contribution is 0.879. The van der Waals surface area contributed by atoms with Crippen LogP contribution in [-0.2, 0) is 6.42 Å². The van der Waals surface area contributed by atoms with Crippen molar-refractivity contribution in [3.05, 3.63) is 48.3 Å². The van der Waals surface area contributed by atoms with Crippen molar-refractivity contribution in [3.8, 4) is 0 Å². The fraction of sp³-hybridized carbons (Fsp3) is 0.231. The predicted octanol–water partition coefficient (Wildman–Crippen LogP) is 2.28. The molecule has 0 aliphatic rings. The van der Waals surface area contributed by atoms with Crippen molar-refractivity contribution >= 4 is 11.4 Å². The second kappa shape index (κ2) is 4.75. The van der Waals surface area contributed by atoms with Crippen LogP contribution in [0, 0.1) is 0 Å². The van der Waals surface area contributed by atoms with Gasteiger partial charge in [0.25, 0.3) is 0 Å². The second-order valence-electron chi connectivity index (χ2n) is 3.95. The molecule has 2 aromatic rings. The molecule has 0 spiro atoms. The molecule has 0 bridgehead atoms. The summed E-state index contributed by atoms with van der Waals surface area (Å²) in [5.41, 5.74) is 9.17. The Balaban J connectivity index is 1.98. The molecule has 3 nitrogen and oxygen atoms in total. The van der Waals surface area contributed by atoms with Gasteiger partial charge in [0.1, 0.15) is 0 Å². The minimum absolute atomic E-state index is 0.832. The predicted molar refractivity (Wildman–Crippen MR) is 68.6 cm³/mol. The zero-order chi connectivity index (χ0) is 11.4. The van der Waals surface area contributed by atoms with E-state index in [0.717, 1.165) is 24.3 Å². The third-order valence-corrected chi connectivity index (χ3v) is 2.75. The monoisotopic (exact) mass is 215 g/mol. The van der Waals surface area contributed by atoms with E-state index >= 15 is 0 Å². The average molecular weight is 215 g/mol. The van der Waals surface area contributed by atoms with Gasteiger partial charge in [-0.25, -0.2) is 0 Å². The average Bonchev–Trinajstić information content (AvgIpc) is 2.79. The summed E-state index contributed by atoms with van der Waals surface area (Å²) in [7, 11) is 2.07. The van der Waals surface area contributed by atoms with Gasteiger partial charge in [0.05, 0.1) is 11.4 Å². The Labute approximate surface area is 95.9 Å². The van der Waals surface area contributed by atoms with Crippen molar-refractivity contribution in [1.82, 2.24) is 4.98 Å². The molecule has 0 atom stereocenters. The highest BCUT2D eigenvalue weighted by atomic mass is 15.1. The number of hydrogen-bond acceptors (Lipinski definition) is 2. The van der Waals surface area contributed by atoms with Crippen LogP contribution in [0.2, 0.25) is 0 Å². The maximum atomic E-state index is 5.92. The van der Waals surface area contributed by atoms with E-state index in [1.165, 1.54) is 5.56 Å². The molecule has 0 saturated carbocycles. The Hall–Kier alpha value is -1.90. The molecule has 3 heteroatoms. The summed E-state index contributed by atoms with van der Waals surface area (Å²) in [5, 5.41) is 0. The SMILES string of the molecule is CN(CCc1cc[nH]c1)c1ccccc1N. The molecular weight excluding hydrogens is 198 g/mol. The van der Waals surface area contributed by atoms with E-state index in [0.29, 0.717) is 0 Å². The molecule has 84 valence electrons. The van der Waals surface area contributed by atoms with Crippen LogP contribution in [0.3, 0.4) is 0 Å². The number of nitrogens with one attached hydrogen (secondary N) is 1. The van der Waals surface area contributed by atoms with Gasteiger partial charge in [-0.15, -0.1) is 0 Å². The number of para-hydroxylation sites is 2. The third-order valence-electron chi connectivity index (χ3n) is 2.75. The van der Waals surface area contributed by atoms with Gasteiger partial charge in [-0.3, -0.25) is 0 Å². The third kappa shape index (κ3) is 2.37. The fourth-order valence-corrected chi connectivity index (χ4v) is 1.77. The van der Waals surface area contributed by atoms with Gasteiger partial charge in [-0.05, 0) is 30.2 Å². The standard InChI is InChI=1S/C13H17N3/c1-16(9-7-11-6-8-15-10-11)13-5-3-2-4-12(13)14/h2-6,8,10,15H,7,9,14H2,1H3. The molecule has 0 amide bonds. The Morgan fingerprint density at radius 1 is 1.25 bits per heavy atom. The van der Waals surface area contributed by atoms with Crippen molar-refractivity contribution in [1.29, 1.82) is 0 Å². The van der Waals surface area contributed by atoms with Crippen molar-refractivity contribution in [2.45, 2.75) is 6.42 Å². The fourth-order valence-electron chi connectivity index (χ4n) is 1.77. The number of anilines is 2. The Kier molecular flexibility index (Phi) is 3.15. The van der Waals surface area contributed by atoms with Crippen molar-refractivity contribution < 1.29 is 0 Å². The van der Waals surface area contributed by atoms with E-state index in [2.05, 4.69) is 23.0 Å². The highest BCUT2D eigenvalue weighted by Gasteiger charge is 2.04. The van der Waals surface area contributed by atoms with Gasteiger partial charge < -0.3 is 15.6 Å². The van der Waals surface area contributed by atoms with Gasteiger partial charge >= 0.3 is 0 Å². The summed E-state index contributed by atoms with van der Waals surface area (Å²) in [6.07, 6.45) is 5.00. The summed E-state index contributed by atoms with van der Waals surface area (Å²) in [6, 6.07) is 10.0. The van der Waals surface area contributed by atoms with Gasteiger partial charge in [0.2, 0.25) is 0 Å². The number of H-pyrrole nitrogens is 1. The number of nitrogens with zero attached hydrogens (tertiary/aromatic N) is 1. The van der Waals surface area contributed by atoms with Gasteiger partial charge in [0.15, 0.2) is 0 Å². The van der Waals surface area contributed by atoms with Crippen molar-refractivity contribution in [2.24, 2.45) is 0 Å². The van der Waals surface area contributed by atoms with Crippen LogP contribution in [0.1, 0.15) is 5.56 Å². The first-order valence-electron chi connectivity index (χ1n) is 5.44. The molecule has 1 aromatic carbocycles. The van der Waals surface area contributed by atoms with E-state index in [1.807, 2.05) is 36.7 Å². The van der Waals surface area contributed by atoms with E-state index in [4.69, 9.17) is 5.73 Å². The van der Waals surface area contributed by atoms with Crippen LogP contribution in [0.5, 0.6) is 0 Å². The Morgan fingerprint density at radius 2 is 2.06 bits per heavy atom. The zero-order valence-electron chi connectivity index (χ0n) is 9.48. The Bertz CT molecular complexity index is 434. The van der Waals surface area contributed by atoms with E-state index in [1.54, 1.807) is 0 Å². The summed E-state index contributed by atoms with van der Waals surface area (Å²) in [4.78, 5) is 5.24. The number of nitrogens with two attached hydrogens (primary N) is 1. The summed E-state index contributed by atoms with van der Waals surface area (Å²) in [6.45, 7) is 0.964. The minimum Gasteiger partial charge on any atom is -0.397 e. The van der Waals surface area contributed by atoms with E-state index in [9.17, 15) is 0 Å². The van der Waals surface area contributed by atoms with Gasteiger partial charge in [-0.1, -0.05) is 12.1 Å². The number of nitrogen functional groups attached to an aromatic ring is 1. The van der Waals surface area contributed by atoms with E-state index < -0.39 is 0 Å². The Morgan fingerprint density at radius 3 is 2.75 bits per heavy atom. The largest absolute Gasteiger partial charge is 0.397 e. The topological polar surface area (TPSA) is 45.0 Å². The first kappa shape index (κ1) is 10.6. The first-order chi connectivity index (χ1) is 7.77. The number of benzene rings is 1. The van der Waals surface area contributed by atoms with E-state index in [-0.39, 0.29) is 0 Å². The van der Waals surface area contributed by atoms with Crippen LogP contribution < -0.4 is 10.6 Å². The minimum atomic E-state index is 0.832. The number of rotatable bonds is 4. The van der Waals surface area contributed by atoms with Gasteiger partial charge in [-0.2, -0.15) is 0 Å². The van der Waals surface area contributed by atoms with Crippen LogP contribution in [0.15, 0.2) is 42.7 Å². The maximum Gasteiger partial charge on any atom is 0.0597 e. The lowest BCUT2D eigenvalue weighted by Crippen LogP contribution is -2.21. The molecule has 1 heterocycles. The van der Waals surface area contributed by atoms with Crippen LogP contribution in [0.25, 0.3) is 0 Å². The number of likely N-dealkylation sites (N-methyl/N-ethyl adjacent to an activating group) is 1. The molecule has 0 unspecified atom stereocenters. The number of hydrogen-bond donors (Lipinski definition) is 2. The molecule has 2 rings (SSSR count). The summed E-state index contributed by atoms with van der Waals surface area (Å²) >= 11 is 0. The molecule has 1 aromatic heterocycles. The lowest BCUT2D eigenvalue weighted by atomic mass is 10.2. The first-order valence-corrected chi connectivity index (χ1v) is 5.44. The molecule has 0 radical (unpaired) electrons. The highest BCUT2D eigenvalue weighted by molar-refractivity contribution is 5.66. The van der Waals surface area contributed by atoms with Crippen molar-refractivity contribution in [2.75, 3.05) is 24.2 Å². The molecular formula is C13H17N3. The smallest absolute Gasteiger partial charge is 0.0597 e. The van der Waals surface area contributed by atoms with Crippen molar-refractivity contribution in [3.63, 3.8) is 0 Å². The zero-order valence-corrected chi connectivity index (χ0v) is 9.48. The number of aromatic nitrogens is 1. The normalized spacial score (nSPS) is 10.3. The second-order valence-corrected chi connectivity index (χ2v) is 3.95. The van der Waals surface area contributed by atoms with Gasteiger partial charge in [0, 0.05) is 26.0 Å². The summed E-state index contributed by atoms with van der Waals surface area (Å²) < 4.78 is 0. The molecule has 0 saturated heterocycles. The highest BCUT2D eigenvalue weighted by Crippen LogP contribution is 2.21. The summed E-state index contributed by atoms with van der Waals surface area (Å²) in [5.74, 6) is 0. The molecule has 3 N–H and O–H groups in total. The van der Waals surface area contributed by atoms with Crippen LogP contribution in [0.4, 0.5) is 11.4 Å². The van der Waals surface area contributed by atoms with Crippen LogP contribution in [-0.4, -0.2) is 18.6 Å². The van der Waals surface area contributed by atoms with Crippen LogP contribution >= 0.6 is 0 Å². The molecule has 0 fully saturated rings. The number of aromatic amines is 1. The lowest BCUT2D eigenvalue weighted by Gasteiger charge is -2.20. The maximum absolute atomic E-state index is 5.92. The molecule has 16 heavy (non-hydrogen) atoms. The molecule has 0 aliphatic carbocycles.